The zero-order chi connectivity index (χ0) is 18.0. The van der Waals surface area contributed by atoms with Gasteiger partial charge in [-0.05, 0) is 60.3 Å². The number of halogens is 1. The number of hydrogen-bond acceptors (Lipinski definition) is 1. The van der Waals surface area contributed by atoms with Crippen molar-refractivity contribution < 1.29 is 9.73 Å². The molecule has 4 fully saturated rings. The van der Waals surface area contributed by atoms with Crippen LogP contribution in [-0.2, 0) is 6.54 Å². The molecule has 0 spiro atoms. The number of quaternary nitrogens is 1. The first-order valence-electron chi connectivity index (χ1n) is 10.0. The Hall–Kier alpha value is -1.25. The van der Waals surface area contributed by atoms with Crippen LogP contribution in [0.2, 0.25) is 5.02 Å². The second-order valence-corrected chi connectivity index (χ2v) is 10.6. The predicted molar refractivity (Wildman–Crippen MR) is 105 cm³/mol. The molecule has 2 N–H and O–H groups in total. The highest BCUT2D eigenvalue weighted by Crippen LogP contribution is 2.65. The number of rotatable bonds is 4. The Bertz CT molecular complexity index is 822. The lowest BCUT2D eigenvalue weighted by Gasteiger charge is -2.63. The van der Waals surface area contributed by atoms with Crippen LogP contribution in [0.5, 0.6) is 0 Å². The first-order valence-corrected chi connectivity index (χ1v) is 10.4. The van der Waals surface area contributed by atoms with Gasteiger partial charge in [0.15, 0.2) is 5.76 Å². The third-order valence-electron chi connectivity index (χ3n) is 7.18. The minimum absolute atomic E-state index is 0.436. The molecule has 6 rings (SSSR count). The Morgan fingerprint density at radius 1 is 1.04 bits per heavy atom. The summed E-state index contributed by atoms with van der Waals surface area (Å²) < 4.78 is 6.15. The molecule has 1 aromatic heterocycles. The fraction of sp³-hybridized carbons (Fsp3) is 0.565. The molecule has 4 saturated carbocycles. The van der Waals surface area contributed by atoms with E-state index >= 15 is 0 Å². The van der Waals surface area contributed by atoms with E-state index in [0.717, 1.165) is 34.6 Å². The zero-order valence-electron chi connectivity index (χ0n) is 15.9. The van der Waals surface area contributed by atoms with Gasteiger partial charge in [-0.2, -0.15) is 0 Å². The molecule has 2 aromatic rings. The van der Waals surface area contributed by atoms with Gasteiger partial charge in [-0.25, -0.2) is 0 Å². The number of nitrogens with two attached hydrogens (primary N) is 1. The fourth-order valence-corrected chi connectivity index (χ4v) is 7.56. The summed E-state index contributed by atoms with van der Waals surface area (Å²) in [5.74, 6) is 2.93. The summed E-state index contributed by atoms with van der Waals surface area (Å²) in [6.45, 7) is 6.03. The van der Waals surface area contributed by atoms with Gasteiger partial charge in [-0.3, -0.25) is 0 Å². The van der Waals surface area contributed by atoms with Crippen molar-refractivity contribution >= 4 is 11.6 Å². The minimum Gasteiger partial charge on any atom is -0.455 e. The summed E-state index contributed by atoms with van der Waals surface area (Å²) in [6.07, 6.45) is 8.52. The van der Waals surface area contributed by atoms with Crippen LogP contribution in [-0.4, -0.2) is 5.54 Å². The summed E-state index contributed by atoms with van der Waals surface area (Å²) in [4.78, 5) is 0. The SMILES string of the molecule is C[C@]12CC3CC([NH2+]Cc4ccc(-c5cccc(Cl)c5)o4)(C1)C[C@@](C)(C3)C2. The molecule has 4 bridgehead atoms. The first kappa shape index (κ1) is 16.9. The molecule has 2 unspecified atom stereocenters. The molecule has 0 aliphatic heterocycles. The van der Waals surface area contributed by atoms with Gasteiger partial charge in [-0.1, -0.05) is 37.6 Å². The molecule has 1 heterocycles. The Labute approximate surface area is 161 Å². The summed E-state index contributed by atoms with van der Waals surface area (Å²) in [7, 11) is 0. The largest absolute Gasteiger partial charge is 0.455 e. The standard InChI is InChI=1S/C23H28ClNO/c1-21-9-16-10-22(2,13-21)15-23(11-16,14-21)25-12-19-6-7-20(26-19)17-4-3-5-18(24)8-17/h3-8,16,25H,9-15H2,1-2H3/p+1/t16?,21-,22+,23?. The van der Waals surface area contributed by atoms with Gasteiger partial charge in [-0.15, -0.1) is 0 Å². The van der Waals surface area contributed by atoms with E-state index in [9.17, 15) is 0 Å². The molecule has 4 aliphatic carbocycles. The van der Waals surface area contributed by atoms with Gasteiger partial charge in [0.25, 0.3) is 0 Å². The van der Waals surface area contributed by atoms with Crippen molar-refractivity contribution in [3.05, 3.63) is 47.2 Å². The minimum atomic E-state index is 0.436. The maximum absolute atomic E-state index is 6.15. The van der Waals surface area contributed by atoms with E-state index in [1.54, 1.807) is 0 Å². The molecular weight excluding hydrogens is 342 g/mol. The zero-order valence-corrected chi connectivity index (χ0v) is 16.6. The average Bonchev–Trinajstić information content (AvgIpc) is 2.99. The predicted octanol–water partition coefficient (Wildman–Crippen LogP) is 5.41. The highest BCUT2D eigenvalue weighted by Gasteiger charge is 2.62. The van der Waals surface area contributed by atoms with E-state index in [1.807, 2.05) is 18.2 Å². The van der Waals surface area contributed by atoms with Crippen LogP contribution in [0.15, 0.2) is 40.8 Å². The molecule has 4 atom stereocenters. The second kappa shape index (κ2) is 5.62. The van der Waals surface area contributed by atoms with E-state index in [-0.39, 0.29) is 0 Å². The van der Waals surface area contributed by atoms with Crippen molar-refractivity contribution in [1.82, 2.24) is 0 Å². The van der Waals surface area contributed by atoms with Crippen LogP contribution in [0.25, 0.3) is 11.3 Å². The molecule has 0 amide bonds. The average molecular weight is 371 g/mol. The smallest absolute Gasteiger partial charge is 0.158 e. The summed E-state index contributed by atoms with van der Waals surface area (Å²) >= 11 is 6.12. The quantitative estimate of drug-likeness (QED) is 0.765. The summed E-state index contributed by atoms with van der Waals surface area (Å²) in [6, 6.07) is 12.1. The lowest BCUT2D eigenvalue weighted by molar-refractivity contribution is -0.757. The highest BCUT2D eigenvalue weighted by molar-refractivity contribution is 6.30. The van der Waals surface area contributed by atoms with Gasteiger partial charge in [0.1, 0.15) is 12.3 Å². The van der Waals surface area contributed by atoms with Gasteiger partial charge >= 0.3 is 0 Å². The Morgan fingerprint density at radius 2 is 1.81 bits per heavy atom. The van der Waals surface area contributed by atoms with Crippen LogP contribution in [0.4, 0.5) is 0 Å². The lowest BCUT2D eigenvalue weighted by Crippen LogP contribution is -2.98. The number of hydrogen-bond donors (Lipinski definition) is 1. The third kappa shape index (κ3) is 2.92. The van der Waals surface area contributed by atoms with Crippen molar-refractivity contribution in [3.63, 3.8) is 0 Å². The van der Waals surface area contributed by atoms with Crippen molar-refractivity contribution in [2.24, 2.45) is 16.7 Å². The van der Waals surface area contributed by atoms with Crippen LogP contribution in [0, 0.1) is 16.7 Å². The fourth-order valence-electron chi connectivity index (χ4n) is 7.37. The molecular formula is C23H29ClNO+. The van der Waals surface area contributed by atoms with Crippen LogP contribution in [0.1, 0.15) is 58.1 Å². The maximum Gasteiger partial charge on any atom is 0.158 e. The molecule has 1 aromatic carbocycles. The molecule has 0 saturated heterocycles. The summed E-state index contributed by atoms with van der Waals surface area (Å²) in [5.41, 5.74) is 2.63. The topological polar surface area (TPSA) is 29.8 Å². The van der Waals surface area contributed by atoms with Gasteiger partial charge in [0, 0.05) is 29.8 Å². The van der Waals surface area contributed by atoms with E-state index in [2.05, 4.69) is 37.4 Å². The van der Waals surface area contributed by atoms with Crippen LogP contribution >= 0.6 is 11.6 Å². The molecule has 26 heavy (non-hydrogen) atoms. The number of benzene rings is 1. The van der Waals surface area contributed by atoms with Gasteiger partial charge in [0.05, 0.1) is 5.54 Å². The molecule has 3 heteroatoms. The van der Waals surface area contributed by atoms with Crippen molar-refractivity contribution in [2.75, 3.05) is 0 Å². The Kier molecular flexibility index (Phi) is 3.65. The Morgan fingerprint density at radius 3 is 2.50 bits per heavy atom. The molecule has 138 valence electrons. The van der Waals surface area contributed by atoms with Crippen molar-refractivity contribution in [3.8, 4) is 11.3 Å². The van der Waals surface area contributed by atoms with Crippen molar-refractivity contribution in [1.29, 1.82) is 0 Å². The second-order valence-electron chi connectivity index (χ2n) is 10.2. The number of furan rings is 1. The first-order chi connectivity index (χ1) is 12.3. The molecule has 4 aliphatic rings. The van der Waals surface area contributed by atoms with E-state index in [1.165, 1.54) is 38.5 Å². The third-order valence-corrected chi connectivity index (χ3v) is 7.41. The van der Waals surface area contributed by atoms with Gasteiger partial charge < -0.3 is 9.73 Å². The van der Waals surface area contributed by atoms with E-state index in [0.29, 0.717) is 16.4 Å². The maximum atomic E-state index is 6.15. The van der Waals surface area contributed by atoms with Gasteiger partial charge in [0.2, 0.25) is 0 Å². The van der Waals surface area contributed by atoms with Crippen LogP contribution in [0.3, 0.4) is 0 Å². The van der Waals surface area contributed by atoms with Crippen molar-refractivity contribution in [2.45, 2.75) is 64.5 Å². The Balaban J connectivity index is 1.33. The normalized spacial score (nSPS) is 38.0. The van der Waals surface area contributed by atoms with Crippen LogP contribution < -0.4 is 5.32 Å². The van der Waals surface area contributed by atoms with E-state index < -0.39 is 0 Å². The lowest BCUT2D eigenvalue weighted by atomic mass is 9.43. The molecule has 0 radical (unpaired) electrons. The van der Waals surface area contributed by atoms with E-state index in [4.69, 9.17) is 16.0 Å². The monoisotopic (exact) mass is 370 g/mol. The highest BCUT2D eigenvalue weighted by atomic mass is 35.5. The summed E-state index contributed by atoms with van der Waals surface area (Å²) in [5, 5.41) is 3.37. The molecule has 2 nitrogen and oxygen atoms in total.